The molecule has 0 radical (unpaired) electrons. The van der Waals surface area contributed by atoms with Gasteiger partial charge < -0.3 is 16.4 Å². The molecular formula is C14H19Cl2N3O2. The van der Waals surface area contributed by atoms with Crippen molar-refractivity contribution in [1.29, 1.82) is 0 Å². The highest BCUT2D eigenvalue weighted by Crippen LogP contribution is 2.28. The zero-order valence-corrected chi connectivity index (χ0v) is 13.5. The van der Waals surface area contributed by atoms with Gasteiger partial charge in [0.1, 0.15) is 0 Å². The quantitative estimate of drug-likeness (QED) is 0.700. The molecule has 0 aliphatic heterocycles. The van der Waals surface area contributed by atoms with Crippen LogP contribution in [0.1, 0.15) is 37.0 Å². The minimum absolute atomic E-state index is 0.110. The van der Waals surface area contributed by atoms with Crippen molar-refractivity contribution in [2.45, 2.75) is 32.7 Å². The first-order valence-electron chi connectivity index (χ1n) is 6.67. The van der Waals surface area contributed by atoms with E-state index < -0.39 is 5.91 Å². The second kappa shape index (κ2) is 8.10. The van der Waals surface area contributed by atoms with Gasteiger partial charge >= 0.3 is 0 Å². The number of carbonyl (C=O) groups excluding carboxylic acids is 2. The summed E-state index contributed by atoms with van der Waals surface area (Å²) in [5, 5.41) is 5.80. The van der Waals surface area contributed by atoms with E-state index >= 15 is 0 Å². The topological polar surface area (TPSA) is 84.2 Å². The molecule has 1 atom stereocenters. The number of nitrogen functional groups attached to an aromatic ring is 1. The lowest BCUT2D eigenvalue weighted by Gasteiger charge is -2.12. The Morgan fingerprint density at radius 3 is 2.62 bits per heavy atom. The maximum atomic E-state index is 12.0. The summed E-state index contributed by atoms with van der Waals surface area (Å²) in [5.74, 6) is -0.521. The summed E-state index contributed by atoms with van der Waals surface area (Å²) in [7, 11) is 0. The number of anilines is 1. The first-order chi connectivity index (χ1) is 9.85. The summed E-state index contributed by atoms with van der Waals surface area (Å²) < 4.78 is 0. The van der Waals surface area contributed by atoms with Gasteiger partial charge in [0.25, 0.3) is 5.91 Å². The molecule has 4 N–H and O–H groups in total. The summed E-state index contributed by atoms with van der Waals surface area (Å²) in [6, 6.07) is 3.04. The van der Waals surface area contributed by atoms with Gasteiger partial charge in [-0.25, -0.2) is 0 Å². The van der Waals surface area contributed by atoms with Crippen LogP contribution in [0.15, 0.2) is 12.1 Å². The molecule has 1 aromatic carbocycles. The van der Waals surface area contributed by atoms with E-state index in [0.717, 1.165) is 6.42 Å². The fraction of sp³-hybridized carbons (Fsp3) is 0.429. The average molecular weight is 332 g/mol. The Hall–Kier alpha value is -1.46. The summed E-state index contributed by atoms with van der Waals surface area (Å²) in [4.78, 5) is 23.6. The van der Waals surface area contributed by atoms with Crippen LogP contribution in [0.4, 0.5) is 5.69 Å². The van der Waals surface area contributed by atoms with Crippen molar-refractivity contribution in [3.63, 3.8) is 0 Å². The predicted molar refractivity (Wildman–Crippen MR) is 85.7 cm³/mol. The van der Waals surface area contributed by atoms with Crippen molar-refractivity contribution >= 4 is 40.7 Å². The molecule has 1 aromatic rings. The van der Waals surface area contributed by atoms with Gasteiger partial charge in [0.2, 0.25) is 5.91 Å². The molecule has 0 saturated heterocycles. The maximum Gasteiger partial charge on any atom is 0.252 e. The van der Waals surface area contributed by atoms with E-state index in [-0.39, 0.29) is 40.5 Å². The standard InChI is InChI=1S/C14H19Cl2N3O2/c1-3-8(2)19-12(20)4-5-18-14(21)10-6-9(17)7-11(15)13(10)16/h6-8H,3-5,17H2,1-2H3,(H,18,21)(H,19,20). The zero-order valence-electron chi connectivity index (χ0n) is 12.0. The number of rotatable bonds is 6. The van der Waals surface area contributed by atoms with Gasteiger partial charge in [0.15, 0.2) is 0 Å². The van der Waals surface area contributed by atoms with E-state index in [2.05, 4.69) is 10.6 Å². The van der Waals surface area contributed by atoms with E-state index in [0.29, 0.717) is 5.69 Å². The number of hydrogen-bond donors (Lipinski definition) is 3. The van der Waals surface area contributed by atoms with Crippen LogP contribution in [-0.4, -0.2) is 24.4 Å². The highest BCUT2D eigenvalue weighted by Gasteiger charge is 2.14. The lowest BCUT2D eigenvalue weighted by Crippen LogP contribution is -2.35. The normalized spacial score (nSPS) is 11.8. The Morgan fingerprint density at radius 1 is 1.33 bits per heavy atom. The van der Waals surface area contributed by atoms with Crippen molar-refractivity contribution in [2.24, 2.45) is 0 Å². The predicted octanol–water partition coefficient (Wildman–Crippen LogP) is 2.61. The molecule has 0 saturated carbocycles. The van der Waals surface area contributed by atoms with Gasteiger partial charge in [-0.05, 0) is 25.5 Å². The number of hydrogen-bond acceptors (Lipinski definition) is 3. The van der Waals surface area contributed by atoms with Crippen LogP contribution in [0.25, 0.3) is 0 Å². The third-order valence-electron chi connectivity index (χ3n) is 2.95. The van der Waals surface area contributed by atoms with Gasteiger partial charge in [-0.3, -0.25) is 9.59 Å². The molecule has 0 aliphatic rings. The van der Waals surface area contributed by atoms with Gasteiger partial charge in [-0.2, -0.15) is 0 Å². The van der Waals surface area contributed by atoms with Crippen molar-refractivity contribution < 1.29 is 9.59 Å². The Balaban J connectivity index is 2.53. The highest BCUT2D eigenvalue weighted by molar-refractivity contribution is 6.44. The number of benzene rings is 1. The van der Waals surface area contributed by atoms with Crippen LogP contribution >= 0.6 is 23.2 Å². The first-order valence-corrected chi connectivity index (χ1v) is 7.42. The maximum absolute atomic E-state index is 12.0. The summed E-state index contributed by atoms with van der Waals surface area (Å²) in [6.45, 7) is 4.12. The van der Waals surface area contributed by atoms with Crippen LogP contribution in [0, 0.1) is 0 Å². The Morgan fingerprint density at radius 2 is 2.00 bits per heavy atom. The number of nitrogens with one attached hydrogen (secondary N) is 2. The monoisotopic (exact) mass is 331 g/mol. The molecule has 2 amide bonds. The average Bonchev–Trinajstić information content (AvgIpc) is 2.42. The Labute approximate surface area is 134 Å². The molecule has 5 nitrogen and oxygen atoms in total. The lowest BCUT2D eigenvalue weighted by molar-refractivity contribution is -0.121. The highest BCUT2D eigenvalue weighted by atomic mass is 35.5. The Bertz CT molecular complexity index is 535. The summed E-state index contributed by atoms with van der Waals surface area (Å²) in [6.07, 6.45) is 1.05. The van der Waals surface area contributed by atoms with Crippen molar-refractivity contribution in [1.82, 2.24) is 10.6 Å². The van der Waals surface area contributed by atoms with E-state index in [1.54, 1.807) is 0 Å². The van der Waals surface area contributed by atoms with E-state index in [1.165, 1.54) is 12.1 Å². The van der Waals surface area contributed by atoms with Crippen LogP contribution in [0.5, 0.6) is 0 Å². The molecule has 0 bridgehead atoms. The van der Waals surface area contributed by atoms with Gasteiger partial charge in [0.05, 0.1) is 15.6 Å². The SMILES string of the molecule is CCC(C)NC(=O)CCNC(=O)c1cc(N)cc(Cl)c1Cl. The van der Waals surface area contributed by atoms with Crippen molar-refractivity contribution in [2.75, 3.05) is 12.3 Å². The molecule has 0 heterocycles. The molecule has 0 fully saturated rings. The lowest BCUT2D eigenvalue weighted by atomic mass is 10.2. The molecular weight excluding hydrogens is 313 g/mol. The van der Waals surface area contributed by atoms with Crippen LogP contribution in [0.3, 0.4) is 0 Å². The first kappa shape index (κ1) is 17.6. The van der Waals surface area contributed by atoms with E-state index in [4.69, 9.17) is 28.9 Å². The number of nitrogens with two attached hydrogens (primary N) is 1. The number of amides is 2. The largest absolute Gasteiger partial charge is 0.399 e. The molecule has 21 heavy (non-hydrogen) atoms. The molecule has 0 aromatic heterocycles. The summed E-state index contributed by atoms with van der Waals surface area (Å²) >= 11 is 11.8. The summed E-state index contributed by atoms with van der Waals surface area (Å²) in [5.41, 5.74) is 6.18. The van der Waals surface area contributed by atoms with Gasteiger partial charge in [-0.1, -0.05) is 30.1 Å². The molecule has 0 spiro atoms. The molecule has 1 unspecified atom stereocenters. The fourth-order valence-electron chi connectivity index (χ4n) is 1.61. The number of carbonyl (C=O) groups is 2. The zero-order chi connectivity index (χ0) is 16.0. The van der Waals surface area contributed by atoms with Crippen molar-refractivity contribution in [3.8, 4) is 0 Å². The van der Waals surface area contributed by atoms with E-state index in [9.17, 15) is 9.59 Å². The van der Waals surface area contributed by atoms with Crippen LogP contribution < -0.4 is 16.4 Å². The molecule has 1 rings (SSSR count). The van der Waals surface area contributed by atoms with Crippen LogP contribution in [-0.2, 0) is 4.79 Å². The number of halogens is 2. The minimum Gasteiger partial charge on any atom is -0.399 e. The fourth-order valence-corrected chi connectivity index (χ4v) is 2.03. The minimum atomic E-state index is -0.412. The van der Waals surface area contributed by atoms with Crippen LogP contribution in [0.2, 0.25) is 10.0 Å². The molecule has 7 heteroatoms. The smallest absolute Gasteiger partial charge is 0.252 e. The second-order valence-corrected chi connectivity index (χ2v) is 5.53. The molecule has 116 valence electrons. The third kappa shape index (κ3) is 5.44. The second-order valence-electron chi connectivity index (χ2n) is 4.75. The van der Waals surface area contributed by atoms with E-state index in [1.807, 2.05) is 13.8 Å². The molecule has 0 aliphatic carbocycles. The Kier molecular flexibility index (Phi) is 6.78. The van der Waals surface area contributed by atoms with Crippen molar-refractivity contribution in [3.05, 3.63) is 27.7 Å². The van der Waals surface area contributed by atoms with Gasteiger partial charge in [0, 0.05) is 24.7 Å². The van der Waals surface area contributed by atoms with Gasteiger partial charge in [-0.15, -0.1) is 0 Å². The third-order valence-corrected chi connectivity index (χ3v) is 3.75.